The Morgan fingerprint density at radius 2 is 1.73 bits per heavy atom. The molecule has 1 saturated heterocycles. The van der Waals surface area contributed by atoms with Gasteiger partial charge in [0.1, 0.15) is 5.76 Å². The second-order valence-electron chi connectivity index (χ2n) is 10.4. The fourth-order valence-corrected chi connectivity index (χ4v) is 7.21. The summed E-state index contributed by atoms with van der Waals surface area (Å²) in [6.45, 7) is 4.09. The van der Waals surface area contributed by atoms with E-state index in [9.17, 15) is 9.59 Å². The molecule has 6 nitrogen and oxygen atoms in total. The largest absolute Gasteiger partial charge is 0.463 e. The van der Waals surface area contributed by atoms with Crippen LogP contribution in [0.4, 0.5) is 0 Å². The molecule has 4 aliphatic carbocycles. The van der Waals surface area contributed by atoms with Gasteiger partial charge in [-0.05, 0) is 80.2 Å². The van der Waals surface area contributed by atoms with Crippen molar-refractivity contribution in [2.24, 2.45) is 23.2 Å². The molecule has 0 N–H and O–H groups in total. The number of carbonyl (C=O) groups is 2. The van der Waals surface area contributed by atoms with Crippen molar-refractivity contribution >= 4 is 11.9 Å². The number of hydrogen-bond donors (Lipinski definition) is 0. The highest BCUT2D eigenvalue weighted by Crippen LogP contribution is 2.61. The van der Waals surface area contributed by atoms with Gasteiger partial charge in [-0.15, -0.1) is 0 Å². The Morgan fingerprint density at radius 3 is 2.40 bits per heavy atom. The molecular formula is C24H34N2O4. The topological polar surface area (TPSA) is 63.0 Å². The highest BCUT2D eigenvalue weighted by atomic mass is 16.5. The zero-order valence-corrected chi connectivity index (χ0v) is 18.1. The Labute approximate surface area is 178 Å². The summed E-state index contributed by atoms with van der Waals surface area (Å²) < 4.78 is 10.3. The van der Waals surface area contributed by atoms with Gasteiger partial charge in [-0.1, -0.05) is 0 Å². The summed E-state index contributed by atoms with van der Waals surface area (Å²) in [6.07, 6.45) is 9.93. The molecular weight excluding hydrogens is 380 g/mol. The summed E-state index contributed by atoms with van der Waals surface area (Å²) in [4.78, 5) is 29.3. The van der Waals surface area contributed by atoms with Gasteiger partial charge < -0.3 is 14.1 Å². The van der Waals surface area contributed by atoms with Crippen molar-refractivity contribution < 1.29 is 18.7 Å². The van der Waals surface area contributed by atoms with E-state index < -0.39 is 5.97 Å². The molecule has 4 bridgehead atoms. The zero-order chi connectivity index (χ0) is 20.7. The Hall–Kier alpha value is -1.82. The van der Waals surface area contributed by atoms with Crippen molar-refractivity contribution in [3.63, 3.8) is 0 Å². The Morgan fingerprint density at radius 1 is 1.03 bits per heavy atom. The van der Waals surface area contributed by atoms with Crippen LogP contribution < -0.4 is 0 Å². The Balaban J connectivity index is 1.15. The van der Waals surface area contributed by atoms with Crippen molar-refractivity contribution in [2.75, 3.05) is 33.3 Å². The predicted octanol–water partition coefficient (Wildman–Crippen LogP) is 3.71. The van der Waals surface area contributed by atoms with E-state index in [1.54, 1.807) is 6.07 Å². The van der Waals surface area contributed by atoms with Crippen molar-refractivity contribution in [1.82, 2.24) is 9.80 Å². The van der Waals surface area contributed by atoms with Crippen LogP contribution in [0.1, 0.15) is 67.7 Å². The maximum Gasteiger partial charge on any atom is 0.373 e. The lowest BCUT2D eigenvalue weighted by Crippen LogP contribution is -2.48. The lowest BCUT2D eigenvalue weighted by Gasteiger charge is -2.57. The number of hydrogen-bond acceptors (Lipinski definition) is 5. The molecule has 0 atom stereocenters. The quantitative estimate of drug-likeness (QED) is 0.688. The van der Waals surface area contributed by atoms with E-state index in [1.807, 2.05) is 6.07 Å². The Bertz CT molecular complexity index is 766. The molecule has 0 spiro atoms. The van der Waals surface area contributed by atoms with Crippen LogP contribution in [0.5, 0.6) is 0 Å². The number of methoxy groups -OCH3 is 1. The van der Waals surface area contributed by atoms with Crippen molar-refractivity contribution in [3.8, 4) is 0 Å². The fraction of sp³-hybridized carbons (Fsp3) is 0.750. The lowest BCUT2D eigenvalue weighted by atomic mass is 9.49. The highest BCUT2D eigenvalue weighted by molar-refractivity contribution is 5.86. The molecule has 5 fully saturated rings. The highest BCUT2D eigenvalue weighted by Gasteiger charge is 2.51. The number of furan rings is 1. The van der Waals surface area contributed by atoms with Gasteiger partial charge in [-0.3, -0.25) is 9.69 Å². The molecule has 0 radical (unpaired) electrons. The Kier molecular flexibility index (Phi) is 5.38. The van der Waals surface area contributed by atoms with Crippen LogP contribution in [-0.4, -0.2) is 55.0 Å². The van der Waals surface area contributed by atoms with Crippen LogP contribution in [0, 0.1) is 23.2 Å². The maximum atomic E-state index is 13.2. The molecule has 0 unspecified atom stereocenters. The normalized spacial score (nSPS) is 33.5. The molecule has 4 saturated carbocycles. The van der Waals surface area contributed by atoms with Crippen LogP contribution in [0.15, 0.2) is 16.5 Å². The van der Waals surface area contributed by atoms with Gasteiger partial charge >= 0.3 is 5.97 Å². The first kappa shape index (κ1) is 20.1. The smallest absolute Gasteiger partial charge is 0.373 e. The maximum absolute atomic E-state index is 13.2. The average Bonchev–Trinajstić information content (AvgIpc) is 3.03. The number of amides is 1. The molecule has 6 heteroatoms. The van der Waals surface area contributed by atoms with Gasteiger partial charge in [0, 0.05) is 32.6 Å². The molecule has 30 heavy (non-hydrogen) atoms. The number of nitrogens with zero attached hydrogens (tertiary/aromatic N) is 2. The second-order valence-corrected chi connectivity index (χ2v) is 10.4. The molecule has 164 valence electrons. The van der Waals surface area contributed by atoms with Gasteiger partial charge in [-0.2, -0.15) is 0 Å². The standard InChI is InChI=1S/C24H34N2O4/c1-29-23(28)21-4-3-20(30-21)16-25-5-2-6-26(8-7-25)22(27)15-24-12-17-9-18(13-24)11-19(10-17)14-24/h3-4,17-19H,2,5-16H2,1H3. The minimum Gasteiger partial charge on any atom is -0.463 e. The van der Waals surface area contributed by atoms with E-state index in [0.717, 1.165) is 62.5 Å². The molecule has 1 amide bonds. The third kappa shape index (κ3) is 4.03. The van der Waals surface area contributed by atoms with Gasteiger partial charge in [0.25, 0.3) is 0 Å². The number of carbonyl (C=O) groups excluding carboxylic acids is 2. The van der Waals surface area contributed by atoms with E-state index in [1.165, 1.54) is 45.6 Å². The van der Waals surface area contributed by atoms with Gasteiger partial charge in [0.2, 0.25) is 11.7 Å². The van der Waals surface area contributed by atoms with Crippen molar-refractivity contribution in [2.45, 2.75) is 57.9 Å². The van der Waals surface area contributed by atoms with Crippen molar-refractivity contribution in [1.29, 1.82) is 0 Å². The van der Waals surface area contributed by atoms with Gasteiger partial charge in [0.15, 0.2) is 0 Å². The lowest BCUT2D eigenvalue weighted by molar-refractivity contribution is -0.139. The number of esters is 1. The SMILES string of the molecule is COC(=O)c1ccc(CN2CCCN(C(=O)CC34CC5CC(CC(C5)C3)C4)CC2)o1. The van der Waals surface area contributed by atoms with Gasteiger partial charge in [-0.25, -0.2) is 4.79 Å². The predicted molar refractivity (Wildman–Crippen MR) is 112 cm³/mol. The van der Waals surface area contributed by atoms with E-state index in [0.29, 0.717) is 17.9 Å². The molecule has 1 aromatic rings. The summed E-state index contributed by atoms with van der Waals surface area (Å²) in [5.74, 6) is 3.63. The molecule has 5 aliphatic rings. The first-order valence-corrected chi connectivity index (χ1v) is 11.7. The first-order valence-electron chi connectivity index (χ1n) is 11.7. The summed E-state index contributed by atoms with van der Waals surface area (Å²) in [6, 6.07) is 3.51. The zero-order valence-electron chi connectivity index (χ0n) is 18.1. The molecule has 6 rings (SSSR count). The first-order chi connectivity index (χ1) is 14.5. The van der Waals surface area contributed by atoms with Gasteiger partial charge in [0.05, 0.1) is 13.7 Å². The third-order valence-corrected chi connectivity index (χ3v) is 8.06. The van der Waals surface area contributed by atoms with Crippen LogP contribution in [0.3, 0.4) is 0 Å². The third-order valence-electron chi connectivity index (χ3n) is 8.06. The monoisotopic (exact) mass is 414 g/mol. The van der Waals surface area contributed by atoms with E-state index in [4.69, 9.17) is 9.15 Å². The number of rotatable bonds is 5. The summed E-state index contributed by atoms with van der Waals surface area (Å²) in [7, 11) is 1.36. The second kappa shape index (κ2) is 8.03. The fourth-order valence-electron chi connectivity index (χ4n) is 7.21. The minimum atomic E-state index is -0.446. The molecule has 0 aromatic carbocycles. The average molecular weight is 415 g/mol. The number of ether oxygens (including phenoxy) is 1. The summed E-state index contributed by atoms with van der Waals surface area (Å²) >= 11 is 0. The summed E-state index contributed by atoms with van der Waals surface area (Å²) in [5.41, 5.74) is 0.316. The van der Waals surface area contributed by atoms with Crippen molar-refractivity contribution in [3.05, 3.63) is 23.7 Å². The van der Waals surface area contributed by atoms with E-state index in [-0.39, 0.29) is 5.76 Å². The molecule has 1 aromatic heterocycles. The summed E-state index contributed by atoms with van der Waals surface area (Å²) in [5, 5.41) is 0. The van der Waals surface area contributed by atoms with E-state index in [2.05, 4.69) is 9.80 Å². The van der Waals surface area contributed by atoms with Crippen LogP contribution >= 0.6 is 0 Å². The van der Waals surface area contributed by atoms with Crippen LogP contribution in [-0.2, 0) is 16.1 Å². The van der Waals surface area contributed by atoms with Crippen LogP contribution in [0.2, 0.25) is 0 Å². The van der Waals surface area contributed by atoms with E-state index >= 15 is 0 Å². The minimum absolute atomic E-state index is 0.245. The molecule has 2 heterocycles. The molecule has 1 aliphatic heterocycles. The van der Waals surface area contributed by atoms with Crippen LogP contribution in [0.25, 0.3) is 0 Å².